The predicted octanol–water partition coefficient (Wildman–Crippen LogP) is 1.57. The van der Waals surface area contributed by atoms with Crippen LogP contribution in [0.4, 0.5) is 0 Å². The SMILES string of the molecule is C1=NNC2=CCCCC2=C1. The summed E-state index contributed by atoms with van der Waals surface area (Å²) < 4.78 is 0. The zero-order valence-corrected chi connectivity index (χ0v) is 5.80. The predicted molar refractivity (Wildman–Crippen MR) is 41.6 cm³/mol. The Hall–Kier alpha value is -1.05. The van der Waals surface area contributed by atoms with Crippen LogP contribution in [-0.4, -0.2) is 6.21 Å². The highest BCUT2D eigenvalue weighted by atomic mass is 15.3. The molecule has 0 saturated heterocycles. The summed E-state index contributed by atoms with van der Waals surface area (Å²) in [5.74, 6) is 0. The fourth-order valence-corrected chi connectivity index (χ4v) is 1.33. The third-order valence-corrected chi connectivity index (χ3v) is 1.88. The Labute approximate surface area is 60.3 Å². The van der Waals surface area contributed by atoms with Gasteiger partial charge in [-0.15, -0.1) is 0 Å². The van der Waals surface area contributed by atoms with Crippen LogP contribution in [0.5, 0.6) is 0 Å². The highest BCUT2D eigenvalue weighted by molar-refractivity contribution is 5.75. The van der Waals surface area contributed by atoms with E-state index in [1.54, 1.807) is 0 Å². The molecule has 0 bridgehead atoms. The average molecular weight is 134 g/mol. The van der Waals surface area contributed by atoms with Crippen molar-refractivity contribution in [2.45, 2.75) is 19.3 Å². The maximum atomic E-state index is 3.94. The topological polar surface area (TPSA) is 24.4 Å². The highest BCUT2D eigenvalue weighted by Gasteiger charge is 2.09. The quantitative estimate of drug-likeness (QED) is 0.534. The van der Waals surface area contributed by atoms with E-state index in [9.17, 15) is 0 Å². The average Bonchev–Trinajstić information content (AvgIpc) is 2.05. The van der Waals surface area contributed by atoms with Gasteiger partial charge in [0.05, 0.1) is 5.70 Å². The van der Waals surface area contributed by atoms with Crippen molar-refractivity contribution in [1.29, 1.82) is 0 Å². The number of nitrogens with zero attached hydrogens (tertiary/aromatic N) is 1. The fraction of sp³-hybridized carbons (Fsp3) is 0.375. The molecule has 52 valence electrons. The molecule has 0 atom stereocenters. The van der Waals surface area contributed by atoms with Crippen LogP contribution in [0.1, 0.15) is 19.3 Å². The van der Waals surface area contributed by atoms with Crippen LogP contribution in [0.25, 0.3) is 0 Å². The highest BCUT2D eigenvalue weighted by Crippen LogP contribution is 2.22. The second-order valence-electron chi connectivity index (χ2n) is 2.59. The largest absolute Gasteiger partial charge is 0.279 e. The van der Waals surface area contributed by atoms with Crippen molar-refractivity contribution in [3.63, 3.8) is 0 Å². The van der Waals surface area contributed by atoms with E-state index in [-0.39, 0.29) is 0 Å². The number of hydrogen-bond donors (Lipinski definition) is 1. The lowest BCUT2D eigenvalue weighted by atomic mass is 9.98. The van der Waals surface area contributed by atoms with Crippen molar-refractivity contribution in [2.24, 2.45) is 5.10 Å². The molecule has 0 aromatic carbocycles. The van der Waals surface area contributed by atoms with E-state index in [1.165, 1.54) is 30.5 Å². The van der Waals surface area contributed by atoms with Crippen LogP contribution in [-0.2, 0) is 0 Å². The Kier molecular flexibility index (Phi) is 1.31. The van der Waals surface area contributed by atoms with Crippen molar-refractivity contribution in [1.82, 2.24) is 5.43 Å². The van der Waals surface area contributed by atoms with Gasteiger partial charge >= 0.3 is 0 Å². The molecule has 1 heterocycles. The van der Waals surface area contributed by atoms with Gasteiger partial charge in [0.1, 0.15) is 0 Å². The van der Waals surface area contributed by atoms with Gasteiger partial charge in [-0.3, -0.25) is 5.43 Å². The van der Waals surface area contributed by atoms with Crippen LogP contribution < -0.4 is 5.43 Å². The molecule has 0 aromatic heterocycles. The lowest BCUT2D eigenvalue weighted by molar-refractivity contribution is 0.745. The molecule has 2 aliphatic rings. The van der Waals surface area contributed by atoms with Gasteiger partial charge in [0.25, 0.3) is 0 Å². The van der Waals surface area contributed by atoms with Gasteiger partial charge in [-0.2, -0.15) is 5.10 Å². The van der Waals surface area contributed by atoms with E-state index < -0.39 is 0 Å². The van der Waals surface area contributed by atoms with Crippen LogP contribution in [0.2, 0.25) is 0 Å². The first-order valence-electron chi connectivity index (χ1n) is 3.65. The Morgan fingerprint density at radius 1 is 1.50 bits per heavy atom. The smallest absolute Gasteiger partial charge is 0.0554 e. The molecule has 0 unspecified atom stereocenters. The van der Waals surface area contributed by atoms with Crippen LogP contribution in [0.3, 0.4) is 0 Å². The second kappa shape index (κ2) is 2.29. The summed E-state index contributed by atoms with van der Waals surface area (Å²) in [5, 5.41) is 3.94. The third kappa shape index (κ3) is 0.856. The lowest BCUT2D eigenvalue weighted by Gasteiger charge is -2.17. The number of hydrogen-bond acceptors (Lipinski definition) is 2. The minimum absolute atomic E-state index is 1.19. The second-order valence-corrected chi connectivity index (χ2v) is 2.59. The summed E-state index contributed by atoms with van der Waals surface area (Å²) in [6, 6.07) is 0. The molecule has 2 nitrogen and oxygen atoms in total. The number of allylic oxidation sites excluding steroid dienone is 3. The molecule has 2 rings (SSSR count). The number of nitrogens with one attached hydrogen (secondary N) is 1. The standard InChI is InChI=1S/C8H10N2/c1-2-4-8-7(3-1)5-6-9-10-8/h4-6,10H,1-3H2. The summed E-state index contributed by atoms with van der Waals surface area (Å²) in [5.41, 5.74) is 5.60. The first-order chi connectivity index (χ1) is 4.97. The molecule has 0 radical (unpaired) electrons. The molecule has 0 spiro atoms. The molecule has 1 N–H and O–H groups in total. The molecule has 0 fully saturated rings. The van der Waals surface area contributed by atoms with Gasteiger partial charge in [-0.25, -0.2) is 0 Å². The van der Waals surface area contributed by atoms with E-state index in [0.29, 0.717) is 0 Å². The van der Waals surface area contributed by atoms with Gasteiger partial charge in [0, 0.05) is 6.21 Å². The molecule has 0 amide bonds. The molecule has 0 saturated carbocycles. The van der Waals surface area contributed by atoms with Crippen molar-refractivity contribution in [3.05, 3.63) is 23.4 Å². The van der Waals surface area contributed by atoms with Gasteiger partial charge in [0.15, 0.2) is 0 Å². The zero-order chi connectivity index (χ0) is 6.81. The Morgan fingerprint density at radius 2 is 2.50 bits per heavy atom. The maximum Gasteiger partial charge on any atom is 0.0554 e. The first-order valence-corrected chi connectivity index (χ1v) is 3.65. The van der Waals surface area contributed by atoms with E-state index >= 15 is 0 Å². The molecule has 2 heteroatoms. The monoisotopic (exact) mass is 134 g/mol. The lowest BCUT2D eigenvalue weighted by Crippen LogP contribution is -2.14. The van der Waals surface area contributed by atoms with Crippen molar-refractivity contribution >= 4 is 6.21 Å². The summed E-state index contributed by atoms with van der Waals surface area (Å²) in [6.45, 7) is 0. The first kappa shape index (κ1) is 5.71. The number of fused-ring (bicyclic) bond motifs is 1. The van der Waals surface area contributed by atoms with Crippen molar-refractivity contribution in [3.8, 4) is 0 Å². The zero-order valence-electron chi connectivity index (χ0n) is 5.80. The van der Waals surface area contributed by atoms with E-state index in [1.807, 2.05) is 6.21 Å². The number of rotatable bonds is 0. The summed E-state index contributed by atoms with van der Waals surface area (Å²) in [7, 11) is 0. The molecule has 0 aromatic rings. The van der Waals surface area contributed by atoms with E-state index in [0.717, 1.165) is 0 Å². The third-order valence-electron chi connectivity index (χ3n) is 1.88. The number of hydrazone groups is 1. The van der Waals surface area contributed by atoms with E-state index in [4.69, 9.17) is 0 Å². The fourth-order valence-electron chi connectivity index (χ4n) is 1.33. The molecular formula is C8H10N2. The minimum atomic E-state index is 1.19. The molecule has 10 heavy (non-hydrogen) atoms. The summed E-state index contributed by atoms with van der Waals surface area (Å²) in [6.07, 6.45) is 9.79. The Morgan fingerprint density at radius 3 is 3.40 bits per heavy atom. The van der Waals surface area contributed by atoms with Gasteiger partial charge in [-0.05, 0) is 30.9 Å². The summed E-state index contributed by atoms with van der Waals surface area (Å²) in [4.78, 5) is 0. The van der Waals surface area contributed by atoms with Gasteiger partial charge in [0.2, 0.25) is 0 Å². The maximum absolute atomic E-state index is 3.94. The van der Waals surface area contributed by atoms with Gasteiger partial charge < -0.3 is 0 Å². The molecule has 1 aliphatic carbocycles. The van der Waals surface area contributed by atoms with Crippen molar-refractivity contribution < 1.29 is 0 Å². The van der Waals surface area contributed by atoms with Crippen LogP contribution in [0.15, 0.2) is 28.5 Å². The van der Waals surface area contributed by atoms with Gasteiger partial charge in [-0.1, -0.05) is 6.08 Å². The summed E-state index contributed by atoms with van der Waals surface area (Å²) >= 11 is 0. The minimum Gasteiger partial charge on any atom is -0.279 e. The normalized spacial score (nSPS) is 22.4. The van der Waals surface area contributed by atoms with Crippen LogP contribution in [0, 0.1) is 0 Å². The van der Waals surface area contributed by atoms with E-state index in [2.05, 4.69) is 22.7 Å². The molecular weight excluding hydrogens is 124 g/mol. The Bertz CT molecular complexity index is 223. The van der Waals surface area contributed by atoms with Crippen molar-refractivity contribution in [2.75, 3.05) is 0 Å². The molecule has 1 aliphatic heterocycles. The Balaban J connectivity index is 2.32. The van der Waals surface area contributed by atoms with Crippen LogP contribution >= 0.6 is 0 Å².